The molecule has 0 aromatic heterocycles. The molecule has 1 aliphatic carbocycles. The fraction of sp³-hybridized carbons (Fsp3) is 0.385. The van der Waals surface area contributed by atoms with Crippen LogP contribution in [0.4, 0.5) is 0 Å². The van der Waals surface area contributed by atoms with Crippen molar-refractivity contribution in [1.82, 2.24) is 20.9 Å². The van der Waals surface area contributed by atoms with Crippen LogP contribution in [0.25, 0.3) is 10.8 Å². The molecule has 234 valence electrons. The molecule has 6 nitrogen and oxygen atoms in total. The molecule has 2 aliphatic rings. The van der Waals surface area contributed by atoms with Crippen molar-refractivity contribution in [3.63, 3.8) is 0 Å². The van der Waals surface area contributed by atoms with Gasteiger partial charge in [0.25, 0.3) is 5.91 Å². The van der Waals surface area contributed by atoms with Crippen molar-refractivity contribution in [2.75, 3.05) is 26.2 Å². The first-order valence-electron chi connectivity index (χ1n) is 16.8. The number of fused-ring (bicyclic) bond motifs is 1. The van der Waals surface area contributed by atoms with Gasteiger partial charge in [-0.3, -0.25) is 9.59 Å². The van der Waals surface area contributed by atoms with Crippen molar-refractivity contribution in [3.05, 3.63) is 120 Å². The lowest BCUT2D eigenvalue weighted by molar-refractivity contribution is -0.133. The maximum absolute atomic E-state index is 14.2. The Hall–Kier alpha value is -4.00. The molecule has 6 rings (SSSR count). The molecular formula is C39H46N4O2. The topological polar surface area (TPSA) is 73.5 Å². The van der Waals surface area contributed by atoms with Crippen molar-refractivity contribution in [2.24, 2.45) is 0 Å². The first-order chi connectivity index (χ1) is 22.1. The van der Waals surface area contributed by atoms with Gasteiger partial charge in [-0.25, -0.2) is 0 Å². The molecular weight excluding hydrogens is 556 g/mol. The van der Waals surface area contributed by atoms with E-state index in [1.165, 1.54) is 30.4 Å². The summed E-state index contributed by atoms with van der Waals surface area (Å²) in [4.78, 5) is 29.4. The van der Waals surface area contributed by atoms with Gasteiger partial charge in [0.2, 0.25) is 5.91 Å². The summed E-state index contributed by atoms with van der Waals surface area (Å²) in [5.74, 6) is 0.178. The lowest BCUT2D eigenvalue weighted by Crippen LogP contribution is -2.49. The zero-order chi connectivity index (χ0) is 30.8. The summed E-state index contributed by atoms with van der Waals surface area (Å²) in [5.41, 5.74) is 3.09. The Morgan fingerprint density at radius 2 is 1.51 bits per heavy atom. The third-order valence-corrected chi connectivity index (χ3v) is 9.58. The second-order valence-electron chi connectivity index (χ2n) is 12.7. The van der Waals surface area contributed by atoms with Crippen molar-refractivity contribution in [3.8, 4) is 0 Å². The van der Waals surface area contributed by atoms with Crippen molar-refractivity contribution >= 4 is 22.6 Å². The quantitative estimate of drug-likeness (QED) is 0.158. The number of carbonyl (C=O) groups excluding carboxylic acids is 2. The molecule has 4 aromatic rings. The summed E-state index contributed by atoms with van der Waals surface area (Å²) in [6.45, 7) is 2.76. The summed E-state index contributed by atoms with van der Waals surface area (Å²) in [6, 6.07) is 35.4. The van der Waals surface area contributed by atoms with E-state index in [1.54, 1.807) is 0 Å². The molecule has 4 aromatic carbocycles. The molecule has 0 spiro atoms. The number of rotatable bonds is 13. The average Bonchev–Trinajstić information content (AvgIpc) is 3.21. The van der Waals surface area contributed by atoms with E-state index in [0.717, 1.165) is 43.0 Å². The van der Waals surface area contributed by atoms with E-state index in [4.69, 9.17) is 0 Å². The van der Waals surface area contributed by atoms with Gasteiger partial charge in [-0.2, -0.15) is 0 Å². The molecule has 45 heavy (non-hydrogen) atoms. The van der Waals surface area contributed by atoms with E-state index in [-0.39, 0.29) is 29.8 Å². The van der Waals surface area contributed by atoms with Gasteiger partial charge in [0.15, 0.2) is 0 Å². The summed E-state index contributed by atoms with van der Waals surface area (Å²) < 4.78 is 0. The molecule has 2 fully saturated rings. The first kappa shape index (κ1) is 31.0. The number of amides is 2. The maximum Gasteiger partial charge on any atom is 0.251 e. The van der Waals surface area contributed by atoms with E-state index in [2.05, 4.69) is 75.4 Å². The van der Waals surface area contributed by atoms with Crippen LogP contribution >= 0.6 is 0 Å². The number of unbranched alkanes of at least 4 members (excludes halogenated alkanes) is 1. The second kappa shape index (κ2) is 15.3. The predicted octanol–water partition coefficient (Wildman–Crippen LogP) is 6.27. The Morgan fingerprint density at radius 1 is 0.822 bits per heavy atom. The maximum atomic E-state index is 14.2. The van der Waals surface area contributed by atoms with Gasteiger partial charge >= 0.3 is 0 Å². The largest absolute Gasteiger partial charge is 0.350 e. The van der Waals surface area contributed by atoms with Gasteiger partial charge < -0.3 is 20.9 Å². The molecule has 2 amide bonds. The highest BCUT2D eigenvalue weighted by Crippen LogP contribution is 2.27. The van der Waals surface area contributed by atoms with Crippen LogP contribution in [0.1, 0.15) is 72.3 Å². The fourth-order valence-corrected chi connectivity index (χ4v) is 6.67. The zero-order valence-corrected chi connectivity index (χ0v) is 26.2. The summed E-state index contributed by atoms with van der Waals surface area (Å²) in [7, 11) is 0. The minimum Gasteiger partial charge on any atom is -0.350 e. The fourth-order valence-electron chi connectivity index (χ4n) is 6.67. The number of carbonyl (C=O) groups is 2. The number of hydrogen-bond acceptors (Lipinski definition) is 4. The number of nitrogens with one attached hydrogen (secondary N) is 3. The molecule has 1 heterocycles. The summed E-state index contributed by atoms with van der Waals surface area (Å²) in [6.07, 6.45) is 7.51. The zero-order valence-electron chi connectivity index (χ0n) is 26.2. The summed E-state index contributed by atoms with van der Waals surface area (Å²) in [5, 5.41) is 12.7. The van der Waals surface area contributed by atoms with Crippen LogP contribution in [0.3, 0.4) is 0 Å². The van der Waals surface area contributed by atoms with Gasteiger partial charge in [-0.1, -0.05) is 104 Å². The van der Waals surface area contributed by atoms with Crippen molar-refractivity contribution in [2.45, 2.75) is 69.0 Å². The van der Waals surface area contributed by atoms with E-state index in [0.29, 0.717) is 31.2 Å². The van der Waals surface area contributed by atoms with Gasteiger partial charge in [0.1, 0.15) is 0 Å². The predicted molar refractivity (Wildman–Crippen MR) is 182 cm³/mol. The Bertz CT molecular complexity index is 1500. The SMILES string of the molecule is O=C(NC[C@@H]1CCN(CC(c2ccccc2)c2ccccc2)C(=O)[C@H](CCCCNC2CCC2)N1)c1ccc2ccccc2c1. The van der Waals surface area contributed by atoms with E-state index >= 15 is 0 Å². The van der Waals surface area contributed by atoms with Gasteiger partial charge in [-0.05, 0) is 72.7 Å². The van der Waals surface area contributed by atoms with Crippen LogP contribution in [0.2, 0.25) is 0 Å². The molecule has 2 atom stereocenters. The smallest absolute Gasteiger partial charge is 0.251 e. The standard InChI is InChI=1S/C39H46N4O2/c44-38(33-22-21-29-12-7-8-17-32(29)26-33)41-27-35-23-25-43(39(45)37(42-35)20-9-10-24-40-34-18-11-19-34)28-36(30-13-3-1-4-14-30)31-15-5-2-6-16-31/h1-8,12-17,21-22,26,34-37,40,42H,9-11,18-20,23-25,27-28H2,(H,41,44)/t35-,37-/m0/s1. The lowest BCUT2D eigenvalue weighted by Gasteiger charge is -2.29. The molecule has 1 aliphatic heterocycles. The minimum atomic E-state index is -0.272. The monoisotopic (exact) mass is 602 g/mol. The highest BCUT2D eigenvalue weighted by atomic mass is 16.2. The summed E-state index contributed by atoms with van der Waals surface area (Å²) >= 11 is 0. The second-order valence-corrected chi connectivity index (χ2v) is 12.7. The van der Waals surface area contributed by atoms with Gasteiger partial charge in [-0.15, -0.1) is 0 Å². The van der Waals surface area contributed by atoms with Crippen LogP contribution in [0, 0.1) is 0 Å². The molecule has 1 saturated heterocycles. The molecule has 6 heteroatoms. The minimum absolute atomic E-state index is 0.00774. The van der Waals surface area contributed by atoms with Crippen LogP contribution < -0.4 is 16.0 Å². The first-order valence-corrected chi connectivity index (χ1v) is 16.8. The number of benzene rings is 4. The molecule has 3 N–H and O–H groups in total. The van der Waals surface area contributed by atoms with Gasteiger partial charge in [0.05, 0.1) is 6.04 Å². The van der Waals surface area contributed by atoms with Crippen molar-refractivity contribution < 1.29 is 9.59 Å². The van der Waals surface area contributed by atoms with E-state index in [9.17, 15) is 9.59 Å². The molecule has 0 unspecified atom stereocenters. The Morgan fingerprint density at radius 3 is 2.20 bits per heavy atom. The third-order valence-electron chi connectivity index (χ3n) is 9.58. The lowest BCUT2D eigenvalue weighted by atomic mass is 9.90. The highest BCUT2D eigenvalue weighted by Gasteiger charge is 2.32. The van der Waals surface area contributed by atoms with Crippen LogP contribution in [-0.2, 0) is 4.79 Å². The van der Waals surface area contributed by atoms with E-state index in [1.807, 2.05) is 48.5 Å². The Kier molecular flexibility index (Phi) is 10.6. The van der Waals surface area contributed by atoms with Gasteiger partial charge in [0, 0.05) is 43.2 Å². The highest BCUT2D eigenvalue weighted by molar-refractivity contribution is 5.98. The van der Waals surface area contributed by atoms with Crippen LogP contribution in [0.5, 0.6) is 0 Å². The molecule has 0 radical (unpaired) electrons. The number of hydrogen-bond donors (Lipinski definition) is 3. The van der Waals surface area contributed by atoms with E-state index < -0.39 is 0 Å². The third kappa shape index (κ3) is 8.19. The van der Waals surface area contributed by atoms with Crippen LogP contribution in [-0.4, -0.2) is 61.0 Å². The van der Waals surface area contributed by atoms with Crippen LogP contribution in [0.15, 0.2) is 103 Å². The number of nitrogens with zero attached hydrogens (tertiary/aromatic N) is 1. The van der Waals surface area contributed by atoms with Crippen molar-refractivity contribution in [1.29, 1.82) is 0 Å². The molecule has 0 bridgehead atoms. The Labute approximate surface area is 267 Å². The average molecular weight is 603 g/mol. The molecule has 1 saturated carbocycles. The normalized spacial score (nSPS) is 19.0. The Balaban J connectivity index is 1.14.